The lowest BCUT2D eigenvalue weighted by atomic mass is 9.94. The van der Waals surface area contributed by atoms with Gasteiger partial charge in [0.2, 0.25) is 11.2 Å². The smallest absolute Gasteiger partial charge is 0.217 e. The van der Waals surface area contributed by atoms with Gasteiger partial charge in [-0.1, -0.05) is 31.8 Å². The van der Waals surface area contributed by atoms with Gasteiger partial charge in [-0.15, -0.1) is 0 Å². The number of aromatic nitrogens is 1. The van der Waals surface area contributed by atoms with Crippen LogP contribution in [0.25, 0.3) is 44.1 Å². The molecule has 0 N–H and O–H groups in total. The first-order valence-electron chi connectivity index (χ1n) is 11.6. The van der Waals surface area contributed by atoms with Crippen molar-refractivity contribution in [1.82, 2.24) is 0 Å². The topological polar surface area (TPSA) is 17.0 Å². The number of halogens is 1. The monoisotopic (exact) mass is 456 g/mol. The van der Waals surface area contributed by atoms with Crippen LogP contribution in [-0.2, 0) is 7.05 Å². The van der Waals surface area contributed by atoms with Gasteiger partial charge < -0.3 is 4.42 Å². The summed E-state index contributed by atoms with van der Waals surface area (Å²) in [7, 11) is 0.588. The fraction of sp³-hybridized carbons (Fsp3) is 0.276. The Morgan fingerprint density at radius 3 is 2.21 bits per heavy atom. The average Bonchev–Trinajstić information content (AvgIpc) is 3.12. The molecule has 0 amide bonds. The number of hydrogen-bond donors (Lipinski definition) is 0. The van der Waals surface area contributed by atoms with Gasteiger partial charge in [-0.2, -0.15) is 4.57 Å². The largest absolute Gasteiger partial charge is 0.455 e. The standard InChI is InChI=1S/C29H31FNOSi/c1-16-14-22-21-12-13-23(30)19(4)28(21)32-29(22)26(18(16)3)24-15-17(2)20-10-9-11-25(33(6,7)8)27(20)31(24)5/h9-15H,1-8H3/q+1. The van der Waals surface area contributed by atoms with Crippen molar-refractivity contribution >= 4 is 46.1 Å². The molecule has 0 saturated heterocycles. The minimum atomic E-state index is -1.58. The third-order valence-corrected chi connectivity index (χ3v) is 9.23. The number of furan rings is 1. The number of para-hydroxylation sites is 1. The fourth-order valence-electron chi connectivity index (χ4n) is 5.19. The second kappa shape index (κ2) is 7.26. The van der Waals surface area contributed by atoms with Gasteiger partial charge in [0.05, 0.1) is 13.6 Å². The van der Waals surface area contributed by atoms with E-state index >= 15 is 0 Å². The molecule has 2 heterocycles. The molecule has 0 bridgehead atoms. The van der Waals surface area contributed by atoms with E-state index in [0.717, 1.165) is 27.6 Å². The highest BCUT2D eigenvalue weighted by atomic mass is 28.3. The normalized spacial score (nSPS) is 12.4. The van der Waals surface area contributed by atoms with Crippen molar-refractivity contribution in [3.8, 4) is 11.3 Å². The summed E-state index contributed by atoms with van der Waals surface area (Å²) in [5.41, 5.74) is 9.22. The molecule has 0 fully saturated rings. The van der Waals surface area contributed by atoms with Crippen molar-refractivity contribution in [2.45, 2.75) is 47.3 Å². The van der Waals surface area contributed by atoms with Crippen LogP contribution in [-0.4, -0.2) is 8.07 Å². The van der Waals surface area contributed by atoms with E-state index in [2.05, 4.69) is 82.4 Å². The lowest BCUT2D eigenvalue weighted by Crippen LogP contribution is -2.45. The van der Waals surface area contributed by atoms with Crippen molar-refractivity contribution in [3.05, 3.63) is 70.5 Å². The summed E-state index contributed by atoms with van der Waals surface area (Å²) < 4.78 is 23.1. The van der Waals surface area contributed by atoms with Crippen molar-refractivity contribution in [2.75, 3.05) is 0 Å². The van der Waals surface area contributed by atoms with Crippen LogP contribution in [0.4, 0.5) is 4.39 Å². The molecule has 0 aliphatic rings. The molecule has 33 heavy (non-hydrogen) atoms. The number of fused-ring (bicyclic) bond motifs is 4. The zero-order chi connectivity index (χ0) is 23.8. The van der Waals surface area contributed by atoms with E-state index in [1.54, 1.807) is 13.0 Å². The Morgan fingerprint density at radius 1 is 0.788 bits per heavy atom. The molecule has 0 spiro atoms. The first-order valence-corrected chi connectivity index (χ1v) is 15.1. The maximum atomic E-state index is 14.3. The van der Waals surface area contributed by atoms with Crippen LogP contribution in [0.5, 0.6) is 0 Å². The Morgan fingerprint density at radius 2 is 1.52 bits per heavy atom. The number of benzene rings is 3. The number of pyridine rings is 1. The lowest BCUT2D eigenvalue weighted by Gasteiger charge is -2.19. The summed E-state index contributed by atoms with van der Waals surface area (Å²) >= 11 is 0. The number of hydrogen-bond acceptors (Lipinski definition) is 1. The van der Waals surface area contributed by atoms with Gasteiger partial charge in [0.15, 0.2) is 0 Å². The lowest BCUT2D eigenvalue weighted by molar-refractivity contribution is -0.633. The third-order valence-electron chi connectivity index (χ3n) is 7.21. The highest BCUT2D eigenvalue weighted by molar-refractivity contribution is 6.90. The molecule has 3 aromatic carbocycles. The molecule has 0 saturated carbocycles. The molecule has 5 aromatic rings. The van der Waals surface area contributed by atoms with E-state index < -0.39 is 8.07 Å². The first kappa shape index (κ1) is 21.8. The molecule has 2 aromatic heterocycles. The molecular formula is C29H31FNOSi+. The van der Waals surface area contributed by atoms with Crippen LogP contribution < -0.4 is 9.75 Å². The molecule has 0 aliphatic carbocycles. The van der Waals surface area contributed by atoms with Gasteiger partial charge in [-0.05, 0) is 68.7 Å². The predicted molar refractivity (Wildman–Crippen MR) is 140 cm³/mol. The van der Waals surface area contributed by atoms with Crippen molar-refractivity contribution in [2.24, 2.45) is 7.05 Å². The Kier molecular flexibility index (Phi) is 4.80. The first-order chi connectivity index (χ1) is 15.5. The van der Waals surface area contributed by atoms with Crippen LogP contribution in [0.2, 0.25) is 19.6 Å². The van der Waals surface area contributed by atoms with E-state index in [1.165, 1.54) is 32.8 Å². The van der Waals surface area contributed by atoms with Gasteiger partial charge in [-0.3, -0.25) is 0 Å². The second-order valence-corrected chi connectivity index (χ2v) is 15.5. The van der Waals surface area contributed by atoms with Crippen LogP contribution in [0.1, 0.15) is 22.3 Å². The van der Waals surface area contributed by atoms with Crippen LogP contribution in [0.15, 0.2) is 46.9 Å². The van der Waals surface area contributed by atoms with Gasteiger partial charge in [0, 0.05) is 33.0 Å². The zero-order valence-electron chi connectivity index (χ0n) is 20.8. The predicted octanol–water partition coefficient (Wildman–Crippen LogP) is 7.15. The molecule has 168 valence electrons. The van der Waals surface area contributed by atoms with Crippen LogP contribution in [0, 0.1) is 33.5 Å². The second-order valence-electron chi connectivity index (χ2n) is 10.4. The highest BCUT2D eigenvalue weighted by Gasteiger charge is 2.29. The molecule has 4 heteroatoms. The van der Waals surface area contributed by atoms with Crippen molar-refractivity contribution in [1.29, 1.82) is 0 Å². The molecule has 0 aliphatic heterocycles. The molecule has 0 unspecified atom stereocenters. The van der Waals surface area contributed by atoms with E-state index in [-0.39, 0.29) is 5.82 Å². The Hall–Kier alpha value is -2.98. The van der Waals surface area contributed by atoms with Crippen LogP contribution >= 0.6 is 0 Å². The highest BCUT2D eigenvalue weighted by Crippen LogP contribution is 2.40. The minimum absolute atomic E-state index is 0.233. The summed E-state index contributed by atoms with van der Waals surface area (Å²) in [6, 6.07) is 14.6. The summed E-state index contributed by atoms with van der Waals surface area (Å²) in [6.45, 7) is 15.5. The average molecular weight is 457 g/mol. The third kappa shape index (κ3) is 3.15. The molecule has 2 nitrogen and oxygen atoms in total. The van der Waals surface area contributed by atoms with Crippen molar-refractivity contribution in [3.63, 3.8) is 0 Å². The summed E-state index contributed by atoms with van der Waals surface area (Å²) in [6.07, 6.45) is 0. The van der Waals surface area contributed by atoms with Gasteiger partial charge >= 0.3 is 0 Å². The Bertz CT molecular complexity index is 1600. The summed E-state index contributed by atoms with van der Waals surface area (Å²) in [4.78, 5) is 0. The SMILES string of the molecule is Cc1cc2c(oc3c(C)c(F)ccc32)c(-c2cc(C)c3cccc([Si](C)(C)C)c3[n+]2C)c1C. The maximum Gasteiger partial charge on any atom is 0.217 e. The number of aryl methyl sites for hydroxylation is 4. The van der Waals surface area contributed by atoms with Gasteiger partial charge in [-0.25, -0.2) is 4.39 Å². The Balaban J connectivity index is 1.98. The van der Waals surface area contributed by atoms with Crippen LogP contribution in [0.3, 0.4) is 0 Å². The zero-order valence-corrected chi connectivity index (χ0v) is 21.8. The minimum Gasteiger partial charge on any atom is -0.455 e. The van der Waals surface area contributed by atoms with Crippen molar-refractivity contribution < 1.29 is 13.4 Å². The Labute approximate surface area is 195 Å². The summed E-state index contributed by atoms with van der Waals surface area (Å²) in [5, 5.41) is 4.76. The number of nitrogens with zero attached hydrogens (tertiary/aromatic N) is 1. The maximum absolute atomic E-state index is 14.3. The fourth-order valence-corrected chi connectivity index (χ4v) is 6.80. The molecule has 0 atom stereocenters. The van der Waals surface area contributed by atoms with E-state index in [1.807, 2.05) is 6.07 Å². The summed E-state index contributed by atoms with van der Waals surface area (Å²) in [5.74, 6) is -0.233. The number of rotatable bonds is 2. The van der Waals surface area contributed by atoms with Gasteiger partial charge in [0.25, 0.3) is 0 Å². The quantitative estimate of drug-likeness (QED) is 0.204. The van der Waals surface area contributed by atoms with E-state index in [4.69, 9.17) is 4.42 Å². The van der Waals surface area contributed by atoms with Gasteiger partial charge in [0.1, 0.15) is 24.0 Å². The molecule has 0 radical (unpaired) electrons. The van der Waals surface area contributed by atoms with E-state index in [0.29, 0.717) is 11.1 Å². The van der Waals surface area contributed by atoms with E-state index in [9.17, 15) is 4.39 Å². The molecule has 5 rings (SSSR count). The molecular weight excluding hydrogens is 425 g/mol.